The minimum atomic E-state index is -1.62. The van der Waals surface area contributed by atoms with Crippen LogP contribution in [0.4, 0.5) is 16.0 Å². The summed E-state index contributed by atoms with van der Waals surface area (Å²) in [6.45, 7) is 12.1. The molecule has 0 aliphatic carbocycles. The second-order valence-electron chi connectivity index (χ2n) is 10.7. The number of rotatable bonds is 5. The first kappa shape index (κ1) is 29.5. The second kappa shape index (κ2) is 10.6. The Hall–Kier alpha value is -3.01. The van der Waals surface area contributed by atoms with Gasteiger partial charge in [-0.15, -0.1) is 24.8 Å². The van der Waals surface area contributed by atoms with Crippen molar-refractivity contribution in [1.29, 1.82) is 0 Å². The summed E-state index contributed by atoms with van der Waals surface area (Å²) >= 11 is 0. The fourth-order valence-electron chi connectivity index (χ4n) is 4.87. The van der Waals surface area contributed by atoms with Gasteiger partial charge in [-0.1, -0.05) is 6.07 Å². The topological polar surface area (TPSA) is 89.7 Å². The van der Waals surface area contributed by atoms with Crippen LogP contribution in [-0.2, 0) is 17.6 Å². The molecule has 0 saturated carbocycles. The SMILES string of the molecule is CC(C)n1c(=O)c2cnc(Nc3ccc4c(c3)CCNC4(C)C)nc2n1-c1ccnc(C(C)(C)F)c1.Cl.Cl. The first-order valence-electron chi connectivity index (χ1n) is 12.3. The van der Waals surface area contributed by atoms with Crippen LogP contribution in [0.25, 0.3) is 16.7 Å². The van der Waals surface area contributed by atoms with Gasteiger partial charge >= 0.3 is 0 Å². The minimum Gasteiger partial charge on any atom is -0.324 e. The third-order valence-electron chi connectivity index (χ3n) is 6.71. The van der Waals surface area contributed by atoms with Crippen LogP contribution in [0.2, 0.25) is 0 Å². The highest BCUT2D eigenvalue weighted by Crippen LogP contribution is 2.31. The van der Waals surface area contributed by atoms with Crippen LogP contribution in [0.5, 0.6) is 0 Å². The van der Waals surface area contributed by atoms with Crippen molar-refractivity contribution in [3.8, 4) is 5.69 Å². The Bertz CT molecular complexity index is 1520. The van der Waals surface area contributed by atoms with Gasteiger partial charge in [0, 0.05) is 29.7 Å². The van der Waals surface area contributed by atoms with E-state index in [0.29, 0.717) is 22.7 Å². The first-order valence-corrected chi connectivity index (χ1v) is 12.3. The first-order chi connectivity index (χ1) is 17.0. The molecule has 0 bridgehead atoms. The van der Waals surface area contributed by atoms with E-state index < -0.39 is 5.67 Å². The van der Waals surface area contributed by atoms with Crippen molar-refractivity contribution in [2.75, 3.05) is 11.9 Å². The third kappa shape index (κ3) is 5.28. The lowest BCUT2D eigenvalue weighted by Crippen LogP contribution is -2.42. The Balaban J connectivity index is 0.00000200. The zero-order chi connectivity index (χ0) is 25.8. The van der Waals surface area contributed by atoms with Gasteiger partial charge in [-0.25, -0.2) is 18.7 Å². The number of hydrogen-bond donors (Lipinski definition) is 2. The molecule has 0 radical (unpaired) electrons. The number of pyridine rings is 1. The van der Waals surface area contributed by atoms with E-state index in [9.17, 15) is 9.18 Å². The summed E-state index contributed by atoms with van der Waals surface area (Å²) in [7, 11) is 0. The van der Waals surface area contributed by atoms with E-state index in [-0.39, 0.29) is 47.6 Å². The van der Waals surface area contributed by atoms with E-state index in [2.05, 4.69) is 46.6 Å². The zero-order valence-corrected chi connectivity index (χ0v) is 24.0. The van der Waals surface area contributed by atoms with E-state index in [1.54, 1.807) is 33.9 Å². The molecule has 4 heterocycles. The van der Waals surface area contributed by atoms with Gasteiger partial charge in [0.05, 0.1) is 11.4 Å². The van der Waals surface area contributed by atoms with Crippen molar-refractivity contribution >= 4 is 47.5 Å². The van der Waals surface area contributed by atoms with Crippen LogP contribution in [0.3, 0.4) is 0 Å². The maximum Gasteiger partial charge on any atom is 0.278 e. The standard InChI is InChI=1S/C27H32FN7O.2ClH/c1-16(2)34-24(36)20-15-30-25(32-18-7-8-21-17(13-18)9-12-31-27(21,5)6)33-23(20)35(34)19-10-11-29-22(14-19)26(3,4)28;;/h7-8,10-11,13-16,31H,9,12H2,1-6H3,(H,30,32,33);2*1H. The zero-order valence-electron chi connectivity index (χ0n) is 22.4. The molecule has 0 unspecified atom stereocenters. The molecule has 1 aliphatic heterocycles. The molecule has 5 rings (SSSR count). The lowest BCUT2D eigenvalue weighted by Gasteiger charge is -2.34. The third-order valence-corrected chi connectivity index (χ3v) is 6.71. The Morgan fingerprint density at radius 1 is 1.13 bits per heavy atom. The summed E-state index contributed by atoms with van der Waals surface area (Å²) in [6, 6.07) is 9.54. The number of halogens is 3. The van der Waals surface area contributed by atoms with Crippen LogP contribution in [0.1, 0.15) is 64.4 Å². The van der Waals surface area contributed by atoms with Gasteiger partial charge < -0.3 is 10.6 Å². The smallest absolute Gasteiger partial charge is 0.278 e. The van der Waals surface area contributed by atoms with Gasteiger partial charge in [0.15, 0.2) is 5.65 Å². The van der Waals surface area contributed by atoms with Crippen LogP contribution >= 0.6 is 24.8 Å². The predicted molar refractivity (Wildman–Crippen MR) is 154 cm³/mol. The molecule has 11 heteroatoms. The number of anilines is 2. The molecular formula is C27H34Cl2FN7O. The molecule has 0 amide bonds. The van der Waals surface area contributed by atoms with Crippen LogP contribution < -0.4 is 16.2 Å². The van der Waals surface area contributed by atoms with Crippen molar-refractivity contribution in [2.24, 2.45) is 0 Å². The number of hydrogen-bond acceptors (Lipinski definition) is 6. The molecule has 204 valence electrons. The summed E-state index contributed by atoms with van der Waals surface area (Å²) in [4.78, 5) is 26.6. The highest BCUT2D eigenvalue weighted by atomic mass is 35.5. The van der Waals surface area contributed by atoms with Crippen molar-refractivity contribution in [3.63, 3.8) is 0 Å². The Morgan fingerprint density at radius 2 is 1.87 bits per heavy atom. The van der Waals surface area contributed by atoms with Gasteiger partial charge in [0.1, 0.15) is 11.1 Å². The van der Waals surface area contributed by atoms with E-state index in [1.165, 1.54) is 25.0 Å². The highest BCUT2D eigenvalue weighted by molar-refractivity contribution is 5.85. The van der Waals surface area contributed by atoms with E-state index in [0.717, 1.165) is 18.7 Å². The molecule has 0 atom stereocenters. The lowest BCUT2D eigenvalue weighted by atomic mass is 9.85. The Labute approximate surface area is 233 Å². The summed E-state index contributed by atoms with van der Waals surface area (Å²) in [5.74, 6) is 0.380. The Morgan fingerprint density at radius 3 is 2.55 bits per heavy atom. The summed E-state index contributed by atoms with van der Waals surface area (Å²) in [6.07, 6.45) is 4.05. The van der Waals surface area contributed by atoms with Gasteiger partial charge in [-0.2, -0.15) is 4.98 Å². The maximum atomic E-state index is 14.7. The van der Waals surface area contributed by atoms with Gasteiger partial charge in [-0.05, 0) is 89.9 Å². The van der Waals surface area contributed by atoms with Crippen molar-refractivity contribution in [1.82, 2.24) is 29.6 Å². The summed E-state index contributed by atoms with van der Waals surface area (Å²) in [5.41, 5.74) is 2.89. The minimum absolute atomic E-state index is 0. The van der Waals surface area contributed by atoms with Gasteiger partial charge in [-0.3, -0.25) is 9.78 Å². The summed E-state index contributed by atoms with van der Waals surface area (Å²) < 4.78 is 18.0. The van der Waals surface area contributed by atoms with Crippen LogP contribution in [0.15, 0.2) is 47.5 Å². The number of nitrogens with zero attached hydrogens (tertiary/aromatic N) is 5. The lowest BCUT2D eigenvalue weighted by molar-refractivity contribution is 0.214. The largest absolute Gasteiger partial charge is 0.324 e. The molecule has 8 nitrogen and oxygen atoms in total. The van der Waals surface area contributed by atoms with Gasteiger partial charge in [0.25, 0.3) is 5.56 Å². The molecule has 0 fully saturated rings. The number of fused-ring (bicyclic) bond motifs is 2. The Kier molecular flexibility index (Phi) is 8.27. The van der Waals surface area contributed by atoms with E-state index in [4.69, 9.17) is 4.98 Å². The molecule has 0 spiro atoms. The number of benzene rings is 1. The van der Waals surface area contributed by atoms with E-state index in [1.807, 2.05) is 19.9 Å². The fraction of sp³-hybridized carbons (Fsp3) is 0.407. The molecular weight excluding hydrogens is 528 g/mol. The second-order valence-corrected chi connectivity index (χ2v) is 10.7. The summed E-state index contributed by atoms with van der Waals surface area (Å²) in [5, 5.41) is 7.25. The quantitative estimate of drug-likeness (QED) is 0.323. The van der Waals surface area contributed by atoms with E-state index >= 15 is 0 Å². The molecule has 4 aromatic rings. The predicted octanol–water partition coefficient (Wildman–Crippen LogP) is 5.73. The number of nitrogens with one attached hydrogen (secondary N) is 2. The maximum absolute atomic E-state index is 14.7. The molecule has 1 aliphatic rings. The fourth-order valence-corrected chi connectivity index (χ4v) is 4.87. The van der Waals surface area contributed by atoms with Crippen LogP contribution in [0, 0.1) is 0 Å². The number of aromatic nitrogens is 5. The molecule has 3 aromatic heterocycles. The molecule has 0 saturated heterocycles. The van der Waals surface area contributed by atoms with Gasteiger partial charge in [0.2, 0.25) is 5.95 Å². The van der Waals surface area contributed by atoms with Crippen molar-refractivity contribution in [3.05, 3.63) is 69.9 Å². The highest BCUT2D eigenvalue weighted by Gasteiger charge is 2.27. The normalized spacial score (nSPS) is 14.5. The average molecular weight is 563 g/mol. The molecule has 38 heavy (non-hydrogen) atoms. The molecule has 1 aromatic carbocycles. The molecule has 2 N–H and O–H groups in total. The monoisotopic (exact) mass is 561 g/mol. The van der Waals surface area contributed by atoms with Crippen molar-refractivity contribution in [2.45, 2.75) is 65.2 Å². The number of alkyl halides is 1. The van der Waals surface area contributed by atoms with Crippen molar-refractivity contribution < 1.29 is 4.39 Å². The average Bonchev–Trinajstić information content (AvgIpc) is 3.10. The van der Waals surface area contributed by atoms with Crippen LogP contribution in [-0.4, -0.2) is 30.9 Å².